The number of non-ortho nitro benzene ring substituents is 1. The number of nitrogens with one attached hydrogen (secondary N) is 1. The van der Waals surface area contributed by atoms with Crippen LogP contribution >= 0.6 is 0 Å². The molecule has 2 heterocycles. The number of furan rings is 1. The molecule has 0 fully saturated rings. The summed E-state index contributed by atoms with van der Waals surface area (Å²) in [5.74, 6) is 0.589. The van der Waals surface area contributed by atoms with Crippen molar-refractivity contribution in [2.45, 2.75) is 6.54 Å². The quantitative estimate of drug-likeness (QED) is 0.306. The monoisotopic (exact) mass is 390 g/mol. The molecular weight excluding hydrogens is 376 g/mol. The number of hydrogen-bond acceptors (Lipinski definition) is 7. The van der Waals surface area contributed by atoms with E-state index in [0.717, 1.165) is 5.52 Å². The summed E-state index contributed by atoms with van der Waals surface area (Å²) in [7, 11) is 0. The maximum absolute atomic E-state index is 12.1. The van der Waals surface area contributed by atoms with E-state index in [-0.39, 0.29) is 18.1 Å². The molecule has 2 aromatic carbocycles. The van der Waals surface area contributed by atoms with Crippen LogP contribution in [0.15, 0.2) is 70.2 Å². The number of amides is 1. The number of aromatic nitrogens is 3. The Hall–Kier alpha value is -4.34. The fourth-order valence-electron chi connectivity index (χ4n) is 2.70. The van der Waals surface area contributed by atoms with Crippen LogP contribution in [-0.2, 0) is 11.3 Å². The molecule has 0 spiro atoms. The smallest absolute Gasteiger partial charge is 0.269 e. The van der Waals surface area contributed by atoms with Gasteiger partial charge in [0.25, 0.3) is 11.6 Å². The summed E-state index contributed by atoms with van der Waals surface area (Å²) in [6, 6.07) is 16.7. The number of fused-ring (bicyclic) bond motifs is 1. The van der Waals surface area contributed by atoms with E-state index >= 15 is 0 Å². The molecule has 4 rings (SSSR count). The minimum absolute atomic E-state index is 0.00460. The second-order valence-corrected chi connectivity index (χ2v) is 6.03. The van der Waals surface area contributed by atoms with Crippen LogP contribution in [0.2, 0.25) is 0 Å². The highest BCUT2D eigenvalue weighted by Gasteiger charge is 2.09. The molecule has 144 valence electrons. The Bertz CT molecular complexity index is 1210. The average molecular weight is 390 g/mol. The molecule has 0 saturated heterocycles. The van der Waals surface area contributed by atoms with Crippen LogP contribution in [0.1, 0.15) is 5.76 Å². The van der Waals surface area contributed by atoms with Gasteiger partial charge in [-0.3, -0.25) is 14.9 Å². The van der Waals surface area contributed by atoms with Gasteiger partial charge in [-0.2, -0.15) is 5.10 Å². The van der Waals surface area contributed by atoms with Crippen molar-refractivity contribution in [1.82, 2.24) is 20.4 Å². The van der Waals surface area contributed by atoms with Gasteiger partial charge in [-0.1, -0.05) is 17.3 Å². The highest BCUT2D eigenvalue weighted by atomic mass is 16.6. The number of benzene rings is 2. The van der Waals surface area contributed by atoms with Crippen LogP contribution < -0.4 is 5.43 Å². The van der Waals surface area contributed by atoms with E-state index in [0.29, 0.717) is 22.6 Å². The molecule has 0 aliphatic rings. The van der Waals surface area contributed by atoms with Gasteiger partial charge in [-0.25, -0.2) is 10.1 Å². The molecule has 0 aliphatic heterocycles. The van der Waals surface area contributed by atoms with E-state index in [1.807, 2.05) is 24.3 Å². The minimum atomic E-state index is -0.463. The van der Waals surface area contributed by atoms with Gasteiger partial charge in [0.1, 0.15) is 23.6 Å². The number of para-hydroxylation sites is 1. The van der Waals surface area contributed by atoms with E-state index in [9.17, 15) is 14.9 Å². The van der Waals surface area contributed by atoms with Crippen molar-refractivity contribution in [3.05, 3.63) is 76.5 Å². The molecule has 0 unspecified atom stereocenters. The zero-order chi connectivity index (χ0) is 20.2. The largest absolute Gasteiger partial charge is 0.455 e. The second-order valence-electron chi connectivity index (χ2n) is 6.03. The van der Waals surface area contributed by atoms with Gasteiger partial charge < -0.3 is 4.42 Å². The predicted octanol–water partition coefficient (Wildman–Crippen LogP) is 2.75. The highest BCUT2D eigenvalue weighted by Crippen LogP contribution is 2.24. The highest BCUT2D eigenvalue weighted by molar-refractivity contribution is 5.82. The molecule has 0 aliphatic carbocycles. The van der Waals surface area contributed by atoms with Crippen LogP contribution in [0.25, 0.3) is 22.4 Å². The van der Waals surface area contributed by atoms with Crippen LogP contribution in [0, 0.1) is 10.1 Å². The van der Waals surface area contributed by atoms with Gasteiger partial charge >= 0.3 is 0 Å². The third-order valence-corrected chi connectivity index (χ3v) is 4.08. The third-order valence-electron chi connectivity index (χ3n) is 4.08. The molecule has 1 amide bonds. The number of hydrogen-bond donors (Lipinski definition) is 1. The summed E-state index contributed by atoms with van der Waals surface area (Å²) in [4.78, 5) is 22.3. The molecule has 1 N–H and O–H groups in total. The van der Waals surface area contributed by atoms with Crippen LogP contribution in [-0.4, -0.2) is 32.0 Å². The van der Waals surface area contributed by atoms with E-state index < -0.39 is 4.92 Å². The molecule has 0 bridgehead atoms. The normalized spacial score (nSPS) is 11.2. The summed E-state index contributed by atoms with van der Waals surface area (Å²) in [5, 5.41) is 22.5. The van der Waals surface area contributed by atoms with Gasteiger partial charge in [0.05, 0.1) is 16.7 Å². The van der Waals surface area contributed by atoms with E-state index in [1.54, 1.807) is 24.3 Å². The summed E-state index contributed by atoms with van der Waals surface area (Å²) < 4.78 is 7.10. The van der Waals surface area contributed by atoms with Gasteiger partial charge in [0.2, 0.25) is 0 Å². The third kappa shape index (κ3) is 4.00. The van der Waals surface area contributed by atoms with Gasteiger partial charge in [0, 0.05) is 17.7 Å². The van der Waals surface area contributed by atoms with Gasteiger partial charge in [0.15, 0.2) is 0 Å². The molecule has 4 aromatic rings. The van der Waals surface area contributed by atoms with E-state index in [2.05, 4.69) is 20.8 Å². The van der Waals surface area contributed by atoms with Crippen molar-refractivity contribution >= 4 is 28.8 Å². The lowest BCUT2D eigenvalue weighted by atomic mass is 10.1. The van der Waals surface area contributed by atoms with E-state index in [4.69, 9.17) is 4.42 Å². The molecule has 0 atom stereocenters. The molecule has 10 heteroatoms. The van der Waals surface area contributed by atoms with Crippen molar-refractivity contribution in [3.63, 3.8) is 0 Å². The Kier molecular flexibility index (Phi) is 4.81. The molecule has 0 radical (unpaired) electrons. The first-order valence-electron chi connectivity index (χ1n) is 8.55. The van der Waals surface area contributed by atoms with Crippen molar-refractivity contribution in [2.24, 2.45) is 5.10 Å². The second kappa shape index (κ2) is 7.72. The minimum Gasteiger partial charge on any atom is -0.455 e. The summed E-state index contributed by atoms with van der Waals surface area (Å²) in [6.45, 7) is -0.0238. The fourth-order valence-corrected chi connectivity index (χ4v) is 2.70. The Morgan fingerprint density at radius 2 is 1.97 bits per heavy atom. The Morgan fingerprint density at radius 1 is 1.17 bits per heavy atom. The van der Waals surface area contributed by atoms with Crippen LogP contribution in [0.3, 0.4) is 0 Å². The molecule has 29 heavy (non-hydrogen) atoms. The molecule has 10 nitrogen and oxygen atoms in total. The standard InChI is InChI=1S/C19H14N6O4/c26-19(12-24-17-4-2-1-3-16(17)21-23-24)22-20-11-15-9-10-18(29-15)13-5-7-14(8-6-13)25(27)28/h1-11H,12H2,(H,22,26)/b20-11+. The first-order valence-corrected chi connectivity index (χ1v) is 8.55. The van der Waals surface area contributed by atoms with Crippen molar-refractivity contribution < 1.29 is 14.1 Å². The number of hydrazone groups is 1. The Labute approximate surface area is 163 Å². The first-order chi connectivity index (χ1) is 14.1. The fraction of sp³-hybridized carbons (Fsp3) is 0.0526. The van der Waals surface area contributed by atoms with Gasteiger partial charge in [-0.15, -0.1) is 5.10 Å². The topological polar surface area (TPSA) is 128 Å². The SMILES string of the molecule is O=C(Cn1nnc2ccccc21)N/N=C/c1ccc(-c2ccc([N+](=O)[O-])cc2)o1. The van der Waals surface area contributed by atoms with E-state index in [1.165, 1.54) is 23.0 Å². The lowest BCUT2D eigenvalue weighted by Gasteiger charge is -2.00. The number of rotatable bonds is 6. The zero-order valence-corrected chi connectivity index (χ0v) is 14.9. The zero-order valence-electron chi connectivity index (χ0n) is 14.9. The summed E-state index contributed by atoms with van der Waals surface area (Å²) >= 11 is 0. The lowest BCUT2D eigenvalue weighted by Crippen LogP contribution is -2.23. The number of carbonyl (C=O) groups excluding carboxylic acids is 1. The average Bonchev–Trinajstić information content (AvgIpc) is 3.36. The summed E-state index contributed by atoms with van der Waals surface area (Å²) in [6.07, 6.45) is 1.37. The van der Waals surface area contributed by atoms with Crippen LogP contribution in [0.5, 0.6) is 0 Å². The number of nitrogens with zero attached hydrogens (tertiary/aromatic N) is 5. The molecular formula is C19H14N6O4. The number of nitro benzene ring substituents is 1. The maximum Gasteiger partial charge on any atom is 0.269 e. The van der Waals surface area contributed by atoms with Gasteiger partial charge in [-0.05, 0) is 36.4 Å². The predicted molar refractivity (Wildman–Crippen MR) is 104 cm³/mol. The summed E-state index contributed by atoms with van der Waals surface area (Å²) in [5.41, 5.74) is 4.57. The Morgan fingerprint density at radius 3 is 2.76 bits per heavy atom. The Balaban J connectivity index is 1.37. The molecule has 0 saturated carbocycles. The molecule has 2 aromatic heterocycles. The first kappa shape index (κ1) is 18.0. The number of carbonyl (C=O) groups is 1. The van der Waals surface area contributed by atoms with Crippen molar-refractivity contribution in [3.8, 4) is 11.3 Å². The number of nitro groups is 1. The maximum atomic E-state index is 12.1. The van der Waals surface area contributed by atoms with Crippen molar-refractivity contribution in [1.29, 1.82) is 0 Å². The van der Waals surface area contributed by atoms with Crippen LogP contribution in [0.4, 0.5) is 5.69 Å². The van der Waals surface area contributed by atoms with Crippen molar-refractivity contribution in [2.75, 3.05) is 0 Å². The lowest BCUT2D eigenvalue weighted by molar-refractivity contribution is -0.384.